The summed E-state index contributed by atoms with van der Waals surface area (Å²) in [6.07, 6.45) is 0.798. The molecule has 1 aliphatic heterocycles. The normalized spacial score (nSPS) is 14.2. The Morgan fingerprint density at radius 1 is 1.23 bits per heavy atom. The minimum absolute atomic E-state index is 0.200. The van der Waals surface area contributed by atoms with Gasteiger partial charge in [0.15, 0.2) is 0 Å². The van der Waals surface area contributed by atoms with Crippen molar-refractivity contribution in [3.05, 3.63) is 53.1 Å². The number of amides is 1. The average molecular weight is 500 g/mol. The summed E-state index contributed by atoms with van der Waals surface area (Å²) in [5.41, 5.74) is 1.03. The molecule has 35 heavy (non-hydrogen) atoms. The third kappa shape index (κ3) is 6.48. The lowest BCUT2D eigenvalue weighted by atomic mass is 9.96. The van der Waals surface area contributed by atoms with Gasteiger partial charge in [-0.3, -0.25) is 9.52 Å². The largest absolute Gasteiger partial charge is 0.462 e. The van der Waals surface area contributed by atoms with Gasteiger partial charge in [0.1, 0.15) is 23.3 Å². The molecule has 3 rings (SSSR count). The van der Waals surface area contributed by atoms with Gasteiger partial charge in [-0.1, -0.05) is 30.3 Å². The van der Waals surface area contributed by atoms with Crippen LogP contribution in [0.4, 0.5) is 11.6 Å². The van der Waals surface area contributed by atoms with E-state index >= 15 is 0 Å². The molecule has 2 aromatic rings. The number of nitrogens with zero attached hydrogens (tertiary/aromatic N) is 4. The molecule has 0 unspecified atom stereocenters. The predicted molar refractivity (Wildman–Crippen MR) is 131 cm³/mol. The molecule has 0 atom stereocenters. The van der Waals surface area contributed by atoms with E-state index in [-0.39, 0.29) is 23.5 Å². The van der Waals surface area contributed by atoms with Gasteiger partial charge in [0.05, 0.1) is 17.9 Å². The lowest BCUT2D eigenvalue weighted by molar-refractivity contribution is -0.123. The average Bonchev–Trinajstić information content (AvgIpc) is 2.83. The van der Waals surface area contributed by atoms with Crippen molar-refractivity contribution in [2.45, 2.75) is 25.5 Å². The molecule has 1 fully saturated rings. The van der Waals surface area contributed by atoms with Crippen molar-refractivity contribution in [3.8, 4) is 6.07 Å². The number of anilines is 2. The molecule has 10 nitrogen and oxygen atoms in total. The van der Waals surface area contributed by atoms with Crippen LogP contribution in [0.25, 0.3) is 0 Å². The van der Waals surface area contributed by atoms with E-state index in [4.69, 9.17) is 4.74 Å². The van der Waals surface area contributed by atoms with Gasteiger partial charge in [0.25, 0.3) is 0 Å². The highest BCUT2D eigenvalue weighted by Gasteiger charge is 2.30. The Bertz CT molecular complexity index is 1220. The lowest BCUT2D eigenvalue weighted by Crippen LogP contribution is -2.43. The van der Waals surface area contributed by atoms with Crippen LogP contribution in [-0.4, -0.2) is 59.1 Å². The lowest BCUT2D eigenvalue weighted by Gasteiger charge is -2.33. The Labute approximate surface area is 205 Å². The second kappa shape index (κ2) is 11.2. The summed E-state index contributed by atoms with van der Waals surface area (Å²) >= 11 is 0. The summed E-state index contributed by atoms with van der Waals surface area (Å²) in [5.74, 6) is -1.04. The van der Waals surface area contributed by atoms with Crippen molar-refractivity contribution in [1.29, 1.82) is 5.26 Å². The maximum absolute atomic E-state index is 12.7. The number of carbonyl (C=O) groups is 2. The van der Waals surface area contributed by atoms with E-state index in [9.17, 15) is 23.3 Å². The molecule has 0 spiro atoms. The van der Waals surface area contributed by atoms with Gasteiger partial charge in [-0.2, -0.15) is 5.26 Å². The number of aromatic nitrogens is 1. The van der Waals surface area contributed by atoms with Crippen molar-refractivity contribution in [1.82, 2.24) is 9.71 Å². The van der Waals surface area contributed by atoms with Gasteiger partial charge in [-0.15, -0.1) is 0 Å². The molecule has 0 radical (unpaired) electrons. The first-order valence-electron chi connectivity index (χ1n) is 11.3. The number of hydrogen-bond donors (Lipinski definition) is 1. The fourth-order valence-electron chi connectivity index (χ4n) is 3.94. The highest BCUT2D eigenvalue weighted by atomic mass is 32.2. The summed E-state index contributed by atoms with van der Waals surface area (Å²) in [4.78, 5) is 33.2. The summed E-state index contributed by atoms with van der Waals surface area (Å²) in [6.45, 7) is 2.72. The van der Waals surface area contributed by atoms with Crippen LogP contribution in [0.1, 0.15) is 41.3 Å². The predicted octanol–water partition coefficient (Wildman–Crippen LogP) is 2.06. The maximum Gasteiger partial charge on any atom is 0.341 e. The van der Waals surface area contributed by atoms with Crippen molar-refractivity contribution in [2.75, 3.05) is 43.6 Å². The van der Waals surface area contributed by atoms with Crippen LogP contribution in [0.3, 0.4) is 0 Å². The highest BCUT2D eigenvalue weighted by molar-refractivity contribution is 7.89. The Balaban J connectivity index is 1.71. The molecule has 186 valence electrons. The van der Waals surface area contributed by atoms with Gasteiger partial charge >= 0.3 is 5.97 Å². The molecular weight excluding hydrogens is 470 g/mol. The Morgan fingerprint density at radius 3 is 2.46 bits per heavy atom. The van der Waals surface area contributed by atoms with E-state index in [0.717, 1.165) is 0 Å². The highest BCUT2D eigenvalue weighted by Crippen LogP contribution is 2.29. The number of pyridine rings is 1. The third-order valence-electron chi connectivity index (χ3n) is 5.64. The zero-order valence-electron chi connectivity index (χ0n) is 20.0. The second-order valence-electron chi connectivity index (χ2n) is 8.43. The summed E-state index contributed by atoms with van der Waals surface area (Å²) in [7, 11) is -0.324. The van der Waals surface area contributed by atoms with E-state index in [2.05, 4.69) is 15.8 Å². The maximum atomic E-state index is 12.7. The first-order chi connectivity index (χ1) is 16.6. The first kappa shape index (κ1) is 26.0. The van der Waals surface area contributed by atoms with Gasteiger partial charge in [-0.05, 0) is 31.4 Å². The molecule has 0 bridgehead atoms. The van der Waals surface area contributed by atoms with Crippen molar-refractivity contribution < 1.29 is 22.7 Å². The standard InChI is InChI=1S/C24H29N5O5S/c1-4-34-24(31)20-14-19(15-25)21(26-22(20)28(2)3)29-12-10-18(11-13-29)23(30)27-35(32,33)16-17-8-6-5-7-9-17/h5-9,14,18H,4,10-13,16H2,1-3H3,(H,27,30). The van der Waals surface area contributed by atoms with Gasteiger partial charge in [-0.25, -0.2) is 18.2 Å². The van der Waals surface area contributed by atoms with Crippen molar-refractivity contribution >= 4 is 33.5 Å². The molecular formula is C24H29N5O5S. The number of nitrogens with one attached hydrogen (secondary N) is 1. The molecule has 1 aromatic carbocycles. The number of esters is 1. The minimum atomic E-state index is -3.81. The van der Waals surface area contributed by atoms with E-state index in [1.807, 2.05) is 4.90 Å². The van der Waals surface area contributed by atoms with Crippen LogP contribution in [0.5, 0.6) is 0 Å². The first-order valence-corrected chi connectivity index (χ1v) is 12.9. The topological polar surface area (TPSA) is 133 Å². The van der Waals surface area contributed by atoms with Crippen LogP contribution >= 0.6 is 0 Å². The van der Waals surface area contributed by atoms with Crippen LogP contribution in [0.15, 0.2) is 36.4 Å². The number of carbonyl (C=O) groups excluding carboxylic acids is 2. The molecule has 1 amide bonds. The minimum Gasteiger partial charge on any atom is -0.462 e. The number of benzene rings is 1. The van der Waals surface area contributed by atoms with Gasteiger partial charge < -0.3 is 14.5 Å². The Morgan fingerprint density at radius 2 is 1.89 bits per heavy atom. The number of piperidine rings is 1. The van der Waals surface area contributed by atoms with E-state index < -0.39 is 27.8 Å². The smallest absolute Gasteiger partial charge is 0.341 e. The fourth-order valence-corrected chi connectivity index (χ4v) is 5.11. The van der Waals surface area contributed by atoms with E-state index in [1.54, 1.807) is 56.3 Å². The monoisotopic (exact) mass is 499 g/mol. The molecule has 1 aliphatic rings. The Hall–Kier alpha value is -3.65. The molecule has 1 saturated heterocycles. The van der Waals surface area contributed by atoms with Crippen LogP contribution in [0, 0.1) is 17.2 Å². The van der Waals surface area contributed by atoms with Crippen LogP contribution in [0.2, 0.25) is 0 Å². The van der Waals surface area contributed by atoms with Crippen molar-refractivity contribution in [2.24, 2.45) is 5.92 Å². The van der Waals surface area contributed by atoms with Crippen molar-refractivity contribution in [3.63, 3.8) is 0 Å². The molecule has 11 heteroatoms. The summed E-state index contributed by atoms with van der Waals surface area (Å²) < 4.78 is 32.1. The zero-order valence-corrected chi connectivity index (χ0v) is 20.8. The van der Waals surface area contributed by atoms with Crippen LogP contribution < -0.4 is 14.5 Å². The number of ether oxygens (including phenoxy) is 1. The molecule has 2 heterocycles. The second-order valence-corrected chi connectivity index (χ2v) is 10.2. The van der Waals surface area contributed by atoms with Crippen LogP contribution in [-0.2, 0) is 25.3 Å². The molecule has 1 aromatic heterocycles. The van der Waals surface area contributed by atoms with Gasteiger partial charge in [0.2, 0.25) is 15.9 Å². The molecule has 0 saturated carbocycles. The number of nitriles is 1. The van der Waals surface area contributed by atoms with E-state index in [1.165, 1.54) is 6.07 Å². The quantitative estimate of drug-likeness (QED) is 0.542. The number of hydrogen-bond acceptors (Lipinski definition) is 9. The summed E-state index contributed by atoms with van der Waals surface area (Å²) in [5, 5.41) is 9.69. The van der Waals surface area contributed by atoms with E-state index in [0.29, 0.717) is 43.1 Å². The number of sulfonamides is 1. The molecule has 0 aliphatic carbocycles. The SMILES string of the molecule is CCOC(=O)c1cc(C#N)c(N2CCC(C(=O)NS(=O)(=O)Cc3ccccc3)CC2)nc1N(C)C. The van der Waals surface area contributed by atoms with Gasteiger partial charge in [0, 0.05) is 33.1 Å². The summed E-state index contributed by atoms with van der Waals surface area (Å²) in [6, 6.07) is 12.2. The zero-order chi connectivity index (χ0) is 25.6. The third-order valence-corrected chi connectivity index (χ3v) is 6.87. The Kier molecular flexibility index (Phi) is 8.30. The fraction of sp³-hybridized carbons (Fsp3) is 0.417. The number of rotatable bonds is 8. The molecule has 1 N–H and O–H groups in total.